The normalized spacial score (nSPS) is 10.8. The zero-order chi connectivity index (χ0) is 26.9. The number of hydrogen-bond donors (Lipinski definition) is 0. The van der Waals surface area contributed by atoms with Crippen molar-refractivity contribution in [2.75, 3.05) is 33.9 Å². The lowest BCUT2D eigenvalue weighted by Crippen LogP contribution is -2.43. The molecule has 0 radical (unpaired) electrons. The first-order valence-electron chi connectivity index (χ1n) is 13.8. The largest absolute Gasteiger partial charge is 0.493 e. The maximum Gasteiger partial charge on any atom is 0.242 e. The molecule has 0 aliphatic heterocycles. The summed E-state index contributed by atoms with van der Waals surface area (Å²) in [6.45, 7) is 6.23. The molecular formula is C30H46N2O4S. The van der Waals surface area contributed by atoms with Gasteiger partial charge in [-0.05, 0) is 48.4 Å². The highest BCUT2D eigenvalue weighted by Gasteiger charge is 2.21. The van der Waals surface area contributed by atoms with Gasteiger partial charge < -0.3 is 19.3 Å². The van der Waals surface area contributed by atoms with Crippen molar-refractivity contribution in [3.8, 4) is 11.5 Å². The number of unbranched alkanes of at least 4 members (excludes halogenated alkanes) is 6. The number of hydrogen-bond acceptors (Lipinski definition) is 5. The van der Waals surface area contributed by atoms with Crippen LogP contribution in [0.3, 0.4) is 0 Å². The van der Waals surface area contributed by atoms with Gasteiger partial charge in [-0.25, -0.2) is 0 Å². The number of rotatable bonds is 19. The van der Waals surface area contributed by atoms with Gasteiger partial charge in [0, 0.05) is 24.4 Å². The smallest absolute Gasteiger partial charge is 0.242 e. The van der Waals surface area contributed by atoms with Gasteiger partial charge in [0.1, 0.15) is 0 Å². The molecule has 0 aliphatic carbocycles. The standard InChI is InChI=1S/C30H46N2O4S/c1-5-7-9-10-11-12-15-29(33)31(19-8-6-2)24-30(34)32(23-26-14-13-21-37-26)20-18-25-16-17-27(35-3)28(22-25)36-4/h13-14,16-17,21-22H,5-12,15,18-20,23-24H2,1-4H3. The number of thiophene rings is 1. The summed E-state index contributed by atoms with van der Waals surface area (Å²) in [5, 5.41) is 2.03. The van der Waals surface area contributed by atoms with Crippen LogP contribution in [0.5, 0.6) is 11.5 Å². The van der Waals surface area contributed by atoms with E-state index >= 15 is 0 Å². The molecule has 0 N–H and O–H groups in total. The molecule has 1 aromatic carbocycles. The van der Waals surface area contributed by atoms with Gasteiger partial charge in [0.05, 0.1) is 27.3 Å². The summed E-state index contributed by atoms with van der Waals surface area (Å²) in [6, 6.07) is 9.93. The van der Waals surface area contributed by atoms with Crippen LogP contribution in [0.25, 0.3) is 0 Å². The Morgan fingerprint density at radius 1 is 0.811 bits per heavy atom. The van der Waals surface area contributed by atoms with Crippen molar-refractivity contribution >= 4 is 23.2 Å². The van der Waals surface area contributed by atoms with E-state index in [0.29, 0.717) is 44.0 Å². The number of benzene rings is 1. The number of carbonyl (C=O) groups is 2. The summed E-state index contributed by atoms with van der Waals surface area (Å²) in [7, 11) is 3.25. The second-order valence-electron chi connectivity index (χ2n) is 9.52. The van der Waals surface area contributed by atoms with E-state index in [9.17, 15) is 9.59 Å². The van der Waals surface area contributed by atoms with Crippen LogP contribution in [-0.2, 0) is 22.6 Å². The highest BCUT2D eigenvalue weighted by atomic mass is 32.1. The van der Waals surface area contributed by atoms with Crippen molar-refractivity contribution in [1.29, 1.82) is 0 Å². The fourth-order valence-electron chi connectivity index (χ4n) is 4.30. The van der Waals surface area contributed by atoms with Gasteiger partial charge in [-0.3, -0.25) is 9.59 Å². The molecule has 2 amide bonds. The number of amides is 2. The van der Waals surface area contributed by atoms with Crippen LogP contribution in [0.2, 0.25) is 0 Å². The van der Waals surface area contributed by atoms with Gasteiger partial charge in [0.15, 0.2) is 11.5 Å². The molecular weight excluding hydrogens is 484 g/mol. The summed E-state index contributed by atoms with van der Waals surface area (Å²) in [6.07, 6.45) is 10.0. The average Bonchev–Trinajstić information content (AvgIpc) is 3.43. The highest BCUT2D eigenvalue weighted by Crippen LogP contribution is 2.28. The van der Waals surface area contributed by atoms with Gasteiger partial charge in [0.2, 0.25) is 11.8 Å². The molecule has 2 rings (SSSR count). The lowest BCUT2D eigenvalue weighted by atomic mass is 10.1. The number of methoxy groups -OCH3 is 2. The highest BCUT2D eigenvalue weighted by molar-refractivity contribution is 7.09. The minimum absolute atomic E-state index is 0.00118. The molecule has 206 valence electrons. The van der Waals surface area contributed by atoms with E-state index in [-0.39, 0.29) is 18.4 Å². The summed E-state index contributed by atoms with van der Waals surface area (Å²) in [5.74, 6) is 1.48. The maximum absolute atomic E-state index is 13.5. The third-order valence-corrected chi connectivity index (χ3v) is 7.46. The Labute approximate surface area is 227 Å². The molecule has 6 nitrogen and oxygen atoms in total. The molecule has 0 fully saturated rings. The van der Waals surface area contributed by atoms with Crippen molar-refractivity contribution < 1.29 is 19.1 Å². The van der Waals surface area contributed by atoms with E-state index in [2.05, 4.69) is 19.9 Å². The van der Waals surface area contributed by atoms with Crippen LogP contribution in [-0.4, -0.2) is 55.5 Å². The number of ether oxygens (including phenoxy) is 2. The van der Waals surface area contributed by atoms with Gasteiger partial charge in [-0.1, -0.05) is 64.5 Å². The Hall–Kier alpha value is -2.54. The van der Waals surface area contributed by atoms with Crippen molar-refractivity contribution in [2.45, 2.75) is 84.6 Å². The van der Waals surface area contributed by atoms with Gasteiger partial charge in [-0.15, -0.1) is 11.3 Å². The molecule has 0 spiro atoms. The molecule has 0 aliphatic rings. The molecule has 0 atom stereocenters. The van der Waals surface area contributed by atoms with Gasteiger partial charge >= 0.3 is 0 Å². The summed E-state index contributed by atoms with van der Waals surface area (Å²) in [5.41, 5.74) is 1.07. The topological polar surface area (TPSA) is 59.1 Å². The van der Waals surface area contributed by atoms with Gasteiger partial charge in [0.25, 0.3) is 0 Å². The van der Waals surface area contributed by atoms with E-state index in [0.717, 1.165) is 36.1 Å². The van der Waals surface area contributed by atoms with E-state index in [4.69, 9.17) is 9.47 Å². The third kappa shape index (κ3) is 11.2. The molecule has 0 bridgehead atoms. The van der Waals surface area contributed by atoms with E-state index < -0.39 is 0 Å². The second kappa shape index (κ2) is 17.8. The van der Waals surface area contributed by atoms with Crippen LogP contribution in [0.1, 0.15) is 82.1 Å². The zero-order valence-corrected chi connectivity index (χ0v) is 24.1. The minimum Gasteiger partial charge on any atom is -0.493 e. The van der Waals surface area contributed by atoms with Crippen LogP contribution >= 0.6 is 11.3 Å². The predicted octanol–water partition coefficient (Wildman–Crippen LogP) is 6.72. The van der Waals surface area contributed by atoms with E-state index in [1.807, 2.05) is 34.5 Å². The van der Waals surface area contributed by atoms with Crippen LogP contribution in [0, 0.1) is 0 Å². The van der Waals surface area contributed by atoms with Crippen LogP contribution in [0.15, 0.2) is 35.7 Å². The fourth-order valence-corrected chi connectivity index (χ4v) is 5.02. The lowest BCUT2D eigenvalue weighted by molar-refractivity contribution is -0.141. The number of nitrogens with zero attached hydrogens (tertiary/aromatic N) is 2. The van der Waals surface area contributed by atoms with Crippen LogP contribution < -0.4 is 9.47 Å². The molecule has 7 heteroatoms. The average molecular weight is 531 g/mol. The molecule has 1 aromatic heterocycles. The molecule has 37 heavy (non-hydrogen) atoms. The van der Waals surface area contributed by atoms with Crippen molar-refractivity contribution in [2.24, 2.45) is 0 Å². The Morgan fingerprint density at radius 3 is 2.22 bits per heavy atom. The first-order chi connectivity index (χ1) is 18.0. The lowest BCUT2D eigenvalue weighted by Gasteiger charge is -2.28. The molecule has 2 aromatic rings. The Kier molecular flexibility index (Phi) is 14.8. The van der Waals surface area contributed by atoms with E-state index in [1.54, 1.807) is 30.5 Å². The fraction of sp³-hybridized carbons (Fsp3) is 0.600. The maximum atomic E-state index is 13.5. The predicted molar refractivity (Wildman–Crippen MR) is 152 cm³/mol. The summed E-state index contributed by atoms with van der Waals surface area (Å²) >= 11 is 1.65. The van der Waals surface area contributed by atoms with Crippen molar-refractivity contribution in [3.63, 3.8) is 0 Å². The molecule has 0 saturated carbocycles. The quantitative estimate of drug-likeness (QED) is 0.189. The number of carbonyl (C=O) groups excluding carboxylic acids is 2. The van der Waals surface area contributed by atoms with Gasteiger partial charge in [-0.2, -0.15) is 0 Å². The monoisotopic (exact) mass is 530 g/mol. The summed E-state index contributed by atoms with van der Waals surface area (Å²) in [4.78, 5) is 31.4. The van der Waals surface area contributed by atoms with E-state index in [1.165, 1.54) is 25.7 Å². The molecule has 1 heterocycles. The Bertz CT molecular complexity index is 916. The second-order valence-corrected chi connectivity index (χ2v) is 10.6. The Morgan fingerprint density at radius 2 is 1.54 bits per heavy atom. The van der Waals surface area contributed by atoms with Crippen LogP contribution in [0.4, 0.5) is 0 Å². The van der Waals surface area contributed by atoms with Crippen molar-refractivity contribution in [3.05, 3.63) is 46.2 Å². The minimum atomic E-state index is 0.00118. The zero-order valence-electron chi connectivity index (χ0n) is 23.3. The van der Waals surface area contributed by atoms with Crippen molar-refractivity contribution in [1.82, 2.24) is 9.80 Å². The SMILES string of the molecule is CCCCCCCCC(=O)N(CCCC)CC(=O)N(CCc1ccc(OC)c(OC)c1)Cc1cccs1. The Balaban J connectivity index is 2.04. The first-order valence-corrected chi connectivity index (χ1v) is 14.7. The molecule has 0 saturated heterocycles. The summed E-state index contributed by atoms with van der Waals surface area (Å²) < 4.78 is 10.8. The third-order valence-electron chi connectivity index (χ3n) is 6.60. The molecule has 0 unspecified atom stereocenters. The first kappa shape index (κ1) is 30.7.